The van der Waals surface area contributed by atoms with Gasteiger partial charge in [-0.05, 0) is 67.5 Å². The van der Waals surface area contributed by atoms with Crippen LogP contribution in [-0.2, 0) is 11.2 Å². The van der Waals surface area contributed by atoms with E-state index in [1.165, 1.54) is 0 Å². The first-order chi connectivity index (χ1) is 11.6. The molecule has 3 rings (SSSR count). The lowest BCUT2D eigenvalue weighted by Gasteiger charge is -2.23. The molecule has 0 aromatic heterocycles. The van der Waals surface area contributed by atoms with Crippen LogP contribution in [0.15, 0.2) is 36.4 Å². The predicted octanol–water partition coefficient (Wildman–Crippen LogP) is 3.69. The van der Waals surface area contributed by atoms with Crippen molar-refractivity contribution in [2.45, 2.75) is 39.2 Å². The monoisotopic (exact) mass is 325 g/mol. The maximum Gasteiger partial charge on any atom is 0.262 e. The Morgan fingerprint density at radius 3 is 2.88 bits per heavy atom. The summed E-state index contributed by atoms with van der Waals surface area (Å²) in [6.45, 7) is 3.96. The highest BCUT2D eigenvalue weighted by Crippen LogP contribution is 2.35. The predicted molar refractivity (Wildman–Crippen MR) is 94.4 cm³/mol. The number of aryl methyl sites for hydroxylation is 1. The summed E-state index contributed by atoms with van der Waals surface area (Å²) in [5.74, 6) is 0.514. The molecule has 0 spiro atoms. The number of benzene rings is 2. The highest BCUT2D eigenvalue weighted by molar-refractivity contribution is 5.92. The molecule has 0 heterocycles. The molecule has 0 fully saturated rings. The summed E-state index contributed by atoms with van der Waals surface area (Å²) in [4.78, 5) is 12.2. The smallest absolute Gasteiger partial charge is 0.262 e. The largest absolute Gasteiger partial charge is 0.483 e. The van der Waals surface area contributed by atoms with E-state index in [1.54, 1.807) is 0 Å². The molecule has 126 valence electrons. The number of aliphatic hydroxyl groups excluding tert-OH is 1. The number of nitrogens with one attached hydrogen (secondary N) is 1. The van der Waals surface area contributed by atoms with E-state index in [0.717, 1.165) is 47.2 Å². The second kappa shape index (κ2) is 7.05. The van der Waals surface area contributed by atoms with E-state index in [2.05, 4.69) is 5.32 Å². The molecule has 2 aromatic carbocycles. The van der Waals surface area contributed by atoms with Gasteiger partial charge < -0.3 is 15.2 Å². The van der Waals surface area contributed by atoms with Gasteiger partial charge in [-0.15, -0.1) is 0 Å². The molecule has 24 heavy (non-hydrogen) atoms. The number of amides is 1. The third-order valence-electron chi connectivity index (χ3n) is 4.67. The minimum atomic E-state index is -0.430. The third kappa shape index (κ3) is 3.44. The fourth-order valence-corrected chi connectivity index (χ4v) is 3.14. The fourth-order valence-electron chi connectivity index (χ4n) is 3.14. The van der Waals surface area contributed by atoms with Crippen LogP contribution >= 0.6 is 0 Å². The number of ether oxygens (including phenoxy) is 1. The molecule has 1 amide bonds. The molecule has 0 saturated heterocycles. The van der Waals surface area contributed by atoms with E-state index in [-0.39, 0.29) is 12.5 Å². The Morgan fingerprint density at radius 1 is 1.25 bits per heavy atom. The van der Waals surface area contributed by atoms with Crippen molar-refractivity contribution in [3.63, 3.8) is 0 Å². The maximum absolute atomic E-state index is 12.2. The van der Waals surface area contributed by atoms with Crippen molar-refractivity contribution in [3.8, 4) is 5.75 Å². The van der Waals surface area contributed by atoms with Crippen molar-refractivity contribution in [1.29, 1.82) is 0 Å². The Morgan fingerprint density at radius 2 is 2.04 bits per heavy atom. The van der Waals surface area contributed by atoms with Crippen molar-refractivity contribution in [2.24, 2.45) is 0 Å². The second-order valence-corrected chi connectivity index (χ2v) is 6.32. The summed E-state index contributed by atoms with van der Waals surface area (Å²) in [5, 5.41) is 13.0. The van der Waals surface area contributed by atoms with Crippen molar-refractivity contribution >= 4 is 11.6 Å². The van der Waals surface area contributed by atoms with Gasteiger partial charge in [-0.2, -0.15) is 0 Å². The molecular formula is C20H23NO3. The number of rotatable bonds is 4. The van der Waals surface area contributed by atoms with Crippen LogP contribution in [0.5, 0.6) is 5.75 Å². The first-order valence-electron chi connectivity index (χ1n) is 8.35. The van der Waals surface area contributed by atoms with E-state index in [1.807, 2.05) is 50.2 Å². The molecule has 4 nitrogen and oxygen atoms in total. The van der Waals surface area contributed by atoms with Gasteiger partial charge in [0.25, 0.3) is 5.91 Å². The Kier molecular flexibility index (Phi) is 4.86. The number of aliphatic hydroxyl groups is 1. The quantitative estimate of drug-likeness (QED) is 0.901. The summed E-state index contributed by atoms with van der Waals surface area (Å²) in [5.41, 5.74) is 4.96. The molecule has 1 aliphatic rings. The average molecular weight is 325 g/mol. The lowest BCUT2D eigenvalue weighted by Crippen LogP contribution is -2.21. The van der Waals surface area contributed by atoms with Crippen LogP contribution < -0.4 is 10.1 Å². The van der Waals surface area contributed by atoms with Crippen LogP contribution in [0.1, 0.15) is 41.2 Å². The number of hydrogen-bond acceptors (Lipinski definition) is 3. The minimum Gasteiger partial charge on any atom is -0.483 e. The van der Waals surface area contributed by atoms with Crippen molar-refractivity contribution in [1.82, 2.24) is 0 Å². The van der Waals surface area contributed by atoms with E-state index >= 15 is 0 Å². The summed E-state index contributed by atoms with van der Waals surface area (Å²) >= 11 is 0. The average Bonchev–Trinajstić information content (AvgIpc) is 2.58. The zero-order valence-corrected chi connectivity index (χ0v) is 14.1. The molecule has 2 aromatic rings. The molecule has 2 N–H and O–H groups in total. The van der Waals surface area contributed by atoms with Crippen molar-refractivity contribution in [3.05, 3.63) is 58.7 Å². The standard InChI is InChI=1S/C20H23NO3/c1-13-6-3-9-17(14(13)2)21-20(23)12-24-19-11-5-7-15-16(19)8-4-10-18(15)22/h3,5-7,9,11,18,22H,4,8,10,12H2,1-2H3,(H,21,23)/t18-/m0/s1. The normalized spacial score (nSPS) is 16.4. The summed E-state index contributed by atoms with van der Waals surface area (Å²) in [7, 11) is 0. The topological polar surface area (TPSA) is 58.6 Å². The van der Waals surface area contributed by atoms with Gasteiger partial charge >= 0.3 is 0 Å². The van der Waals surface area contributed by atoms with Gasteiger partial charge in [0.05, 0.1) is 6.10 Å². The minimum absolute atomic E-state index is 0.0417. The highest BCUT2D eigenvalue weighted by Gasteiger charge is 2.21. The van der Waals surface area contributed by atoms with E-state index in [0.29, 0.717) is 5.75 Å². The summed E-state index contributed by atoms with van der Waals surface area (Å²) < 4.78 is 5.73. The third-order valence-corrected chi connectivity index (χ3v) is 4.67. The maximum atomic E-state index is 12.2. The zero-order chi connectivity index (χ0) is 17.1. The molecule has 0 aliphatic heterocycles. The fraction of sp³-hybridized carbons (Fsp3) is 0.350. The van der Waals surface area contributed by atoms with Crippen LogP contribution in [0.4, 0.5) is 5.69 Å². The molecule has 0 radical (unpaired) electrons. The van der Waals surface area contributed by atoms with E-state index in [4.69, 9.17) is 4.74 Å². The molecular weight excluding hydrogens is 302 g/mol. The highest BCUT2D eigenvalue weighted by atomic mass is 16.5. The van der Waals surface area contributed by atoms with Gasteiger partial charge in [0.1, 0.15) is 5.75 Å². The van der Waals surface area contributed by atoms with Gasteiger partial charge in [-0.1, -0.05) is 24.3 Å². The number of fused-ring (bicyclic) bond motifs is 1. The Balaban J connectivity index is 1.67. The van der Waals surface area contributed by atoms with Gasteiger partial charge in [-0.25, -0.2) is 0 Å². The zero-order valence-electron chi connectivity index (χ0n) is 14.1. The molecule has 0 bridgehead atoms. The van der Waals surface area contributed by atoms with Crippen LogP contribution in [0, 0.1) is 13.8 Å². The molecule has 0 saturated carbocycles. The first-order valence-corrected chi connectivity index (χ1v) is 8.35. The van der Waals surface area contributed by atoms with Gasteiger partial charge in [0, 0.05) is 5.69 Å². The Bertz CT molecular complexity index is 755. The lowest BCUT2D eigenvalue weighted by atomic mass is 9.89. The van der Waals surface area contributed by atoms with Crippen LogP contribution in [0.25, 0.3) is 0 Å². The van der Waals surface area contributed by atoms with Gasteiger partial charge in [0.2, 0.25) is 0 Å². The van der Waals surface area contributed by atoms with E-state index in [9.17, 15) is 9.90 Å². The van der Waals surface area contributed by atoms with Crippen molar-refractivity contribution in [2.75, 3.05) is 11.9 Å². The summed E-state index contributed by atoms with van der Waals surface area (Å²) in [6.07, 6.45) is 2.16. The lowest BCUT2D eigenvalue weighted by molar-refractivity contribution is -0.118. The van der Waals surface area contributed by atoms with Crippen LogP contribution in [0.2, 0.25) is 0 Å². The second-order valence-electron chi connectivity index (χ2n) is 6.32. The van der Waals surface area contributed by atoms with Crippen LogP contribution in [-0.4, -0.2) is 17.6 Å². The van der Waals surface area contributed by atoms with Gasteiger partial charge in [-0.3, -0.25) is 4.79 Å². The Labute approximate surface area is 142 Å². The molecule has 1 atom stereocenters. The number of anilines is 1. The SMILES string of the molecule is Cc1cccc(NC(=O)COc2cccc3c2CCC[C@@H]3O)c1C. The summed E-state index contributed by atoms with van der Waals surface area (Å²) in [6, 6.07) is 11.5. The number of carbonyl (C=O) groups excluding carboxylic acids is 1. The van der Waals surface area contributed by atoms with Crippen LogP contribution in [0.3, 0.4) is 0 Å². The Hall–Kier alpha value is -2.33. The number of carbonyl (C=O) groups is 1. The number of hydrogen-bond donors (Lipinski definition) is 2. The molecule has 4 heteroatoms. The van der Waals surface area contributed by atoms with Gasteiger partial charge in [0.15, 0.2) is 6.61 Å². The van der Waals surface area contributed by atoms with E-state index < -0.39 is 6.10 Å². The van der Waals surface area contributed by atoms with Crippen molar-refractivity contribution < 1.29 is 14.6 Å². The molecule has 1 aliphatic carbocycles. The first kappa shape index (κ1) is 16.5. The molecule has 0 unspecified atom stereocenters.